The smallest absolute Gasteiger partial charge is 0.178 e. The van der Waals surface area contributed by atoms with Crippen LogP contribution in [0.3, 0.4) is 0 Å². The number of carbonyl (C=O) groups excluding carboxylic acids is 1. The van der Waals surface area contributed by atoms with Crippen molar-refractivity contribution >= 4 is 11.6 Å². The van der Waals surface area contributed by atoms with E-state index in [4.69, 9.17) is 0 Å². The topological polar surface area (TPSA) is 58.1 Å². The van der Waals surface area contributed by atoms with Gasteiger partial charge in [-0.05, 0) is 0 Å². The monoisotopic (exact) mass is 248 g/mol. The Kier molecular flexibility index (Phi) is 3.91. The molecule has 2 rings (SSSR count). The summed E-state index contributed by atoms with van der Waals surface area (Å²) < 4.78 is 0. The van der Waals surface area contributed by atoms with Crippen LogP contribution in [0.1, 0.15) is 43.0 Å². The largest absolute Gasteiger partial charge is 0.354 e. The van der Waals surface area contributed by atoms with E-state index in [1.165, 1.54) is 0 Å². The Morgan fingerprint density at radius 2 is 2.00 bits per heavy atom. The molecule has 18 heavy (non-hydrogen) atoms. The molecule has 0 atom stereocenters. The zero-order valence-corrected chi connectivity index (χ0v) is 11.2. The van der Waals surface area contributed by atoms with E-state index in [0.717, 1.165) is 37.8 Å². The Bertz CT molecular complexity index is 439. The highest BCUT2D eigenvalue weighted by atomic mass is 16.1. The summed E-state index contributed by atoms with van der Waals surface area (Å²) in [5.41, 5.74) is 0.516. The molecule has 0 bridgehead atoms. The van der Waals surface area contributed by atoms with E-state index in [9.17, 15) is 4.79 Å². The lowest BCUT2D eigenvalue weighted by Crippen LogP contribution is -2.44. The molecule has 0 unspecified atom stereocenters. The van der Waals surface area contributed by atoms with E-state index in [2.05, 4.69) is 20.2 Å². The van der Waals surface area contributed by atoms with Crippen molar-refractivity contribution in [2.45, 2.75) is 26.7 Å². The first kappa shape index (κ1) is 13.0. The fraction of sp³-hybridized carbons (Fsp3) is 0.615. The Morgan fingerprint density at radius 3 is 2.56 bits per heavy atom. The molecule has 5 nitrogen and oxygen atoms in total. The highest BCUT2D eigenvalue weighted by Gasteiger charge is 2.16. The standard InChI is InChI=1S/C13H20N4O/c1-9(2)13-15-11(10(3)18)8-12(16-13)17-6-4-14-5-7-17/h8-9,14H,4-7H2,1-3H3. The molecular formula is C13H20N4O. The minimum atomic E-state index is -0.00400. The minimum Gasteiger partial charge on any atom is -0.354 e. The third-order valence-corrected chi connectivity index (χ3v) is 3.05. The summed E-state index contributed by atoms with van der Waals surface area (Å²) >= 11 is 0. The maximum atomic E-state index is 11.5. The zero-order chi connectivity index (χ0) is 13.1. The summed E-state index contributed by atoms with van der Waals surface area (Å²) in [7, 11) is 0. The molecule has 1 N–H and O–H groups in total. The van der Waals surface area contributed by atoms with Gasteiger partial charge in [-0.2, -0.15) is 0 Å². The third-order valence-electron chi connectivity index (χ3n) is 3.05. The lowest BCUT2D eigenvalue weighted by atomic mass is 10.2. The molecule has 0 aliphatic carbocycles. The van der Waals surface area contributed by atoms with E-state index in [1.807, 2.05) is 13.8 Å². The molecular weight excluding hydrogens is 228 g/mol. The predicted octanol–water partition coefficient (Wildman–Crippen LogP) is 1.21. The molecule has 2 heterocycles. The van der Waals surface area contributed by atoms with Gasteiger partial charge < -0.3 is 10.2 Å². The highest BCUT2D eigenvalue weighted by molar-refractivity contribution is 5.92. The Balaban J connectivity index is 2.35. The van der Waals surface area contributed by atoms with Crippen LogP contribution < -0.4 is 10.2 Å². The lowest BCUT2D eigenvalue weighted by Gasteiger charge is -2.29. The second-order valence-corrected chi connectivity index (χ2v) is 4.92. The fourth-order valence-corrected chi connectivity index (χ4v) is 1.95. The summed E-state index contributed by atoms with van der Waals surface area (Å²) in [5.74, 6) is 1.85. The average Bonchev–Trinajstić information content (AvgIpc) is 2.39. The van der Waals surface area contributed by atoms with Crippen molar-refractivity contribution < 1.29 is 4.79 Å². The predicted molar refractivity (Wildman–Crippen MR) is 71.2 cm³/mol. The van der Waals surface area contributed by atoms with Crippen molar-refractivity contribution in [3.8, 4) is 0 Å². The van der Waals surface area contributed by atoms with Gasteiger partial charge in [-0.3, -0.25) is 4.79 Å². The number of aromatic nitrogens is 2. The van der Waals surface area contributed by atoms with Gasteiger partial charge in [0.1, 0.15) is 17.3 Å². The number of nitrogens with zero attached hydrogens (tertiary/aromatic N) is 3. The number of hydrogen-bond acceptors (Lipinski definition) is 5. The van der Waals surface area contributed by atoms with Crippen LogP contribution in [0.4, 0.5) is 5.82 Å². The summed E-state index contributed by atoms with van der Waals surface area (Å²) in [4.78, 5) is 22.6. The number of ketones is 1. The second-order valence-electron chi connectivity index (χ2n) is 4.92. The molecule has 1 fully saturated rings. The van der Waals surface area contributed by atoms with Crippen LogP contribution in [-0.4, -0.2) is 41.9 Å². The highest BCUT2D eigenvalue weighted by Crippen LogP contribution is 2.18. The Morgan fingerprint density at radius 1 is 1.33 bits per heavy atom. The van der Waals surface area contributed by atoms with E-state index in [0.29, 0.717) is 5.69 Å². The summed E-state index contributed by atoms with van der Waals surface area (Å²) in [5, 5.41) is 3.31. The van der Waals surface area contributed by atoms with Gasteiger partial charge in [-0.1, -0.05) is 13.8 Å². The van der Waals surface area contributed by atoms with E-state index in [1.54, 1.807) is 13.0 Å². The first-order chi connectivity index (χ1) is 8.58. The van der Waals surface area contributed by atoms with E-state index in [-0.39, 0.29) is 11.7 Å². The number of carbonyl (C=O) groups is 1. The van der Waals surface area contributed by atoms with Crippen LogP contribution in [0.2, 0.25) is 0 Å². The van der Waals surface area contributed by atoms with Crippen molar-refractivity contribution in [1.29, 1.82) is 0 Å². The van der Waals surface area contributed by atoms with Crippen LogP contribution in [0.15, 0.2) is 6.07 Å². The lowest BCUT2D eigenvalue weighted by molar-refractivity contribution is 0.101. The molecule has 0 saturated carbocycles. The second kappa shape index (κ2) is 5.44. The van der Waals surface area contributed by atoms with Crippen molar-refractivity contribution in [3.63, 3.8) is 0 Å². The van der Waals surface area contributed by atoms with Crippen molar-refractivity contribution in [1.82, 2.24) is 15.3 Å². The molecule has 0 radical (unpaired) electrons. The summed E-state index contributed by atoms with van der Waals surface area (Å²) in [6, 6.07) is 1.81. The van der Waals surface area contributed by atoms with Crippen molar-refractivity contribution in [2.24, 2.45) is 0 Å². The SMILES string of the molecule is CC(=O)c1cc(N2CCNCC2)nc(C(C)C)n1. The number of piperazine rings is 1. The van der Waals surface area contributed by atoms with Gasteiger partial charge >= 0.3 is 0 Å². The quantitative estimate of drug-likeness (QED) is 0.815. The zero-order valence-electron chi connectivity index (χ0n) is 11.2. The molecule has 1 aromatic rings. The van der Waals surface area contributed by atoms with Crippen LogP contribution >= 0.6 is 0 Å². The van der Waals surface area contributed by atoms with Gasteiger partial charge in [0.15, 0.2) is 5.78 Å². The average molecular weight is 248 g/mol. The first-order valence-corrected chi connectivity index (χ1v) is 6.43. The molecule has 1 aliphatic heterocycles. The summed E-state index contributed by atoms with van der Waals surface area (Å²) in [6.07, 6.45) is 0. The maximum absolute atomic E-state index is 11.5. The molecule has 1 aromatic heterocycles. The van der Waals surface area contributed by atoms with Crippen LogP contribution in [0.25, 0.3) is 0 Å². The molecule has 1 saturated heterocycles. The fourth-order valence-electron chi connectivity index (χ4n) is 1.95. The van der Waals surface area contributed by atoms with Gasteiger partial charge in [-0.25, -0.2) is 9.97 Å². The van der Waals surface area contributed by atoms with Crippen molar-refractivity contribution in [2.75, 3.05) is 31.1 Å². The first-order valence-electron chi connectivity index (χ1n) is 6.43. The minimum absolute atomic E-state index is 0.00400. The number of nitrogens with one attached hydrogen (secondary N) is 1. The molecule has 0 amide bonds. The Labute approximate surface area is 108 Å². The maximum Gasteiger partial charge on any atom is 0.178 e. The van der Waals surface area contributed by atoms with Gasteiger partial charge in [0.2, 0.25) is 0 Å². The van der Waals surface area contributed by atoms with Gasteiger partial charge in [0.25, 0.3) is 0 Å². The number of anilines is 1. The summed E-state index contributed by atoms with van der Waals surface area (Å²) in [6.45, 7) is 9.39. The van der Waals surface area contributed by atoms with Crippen LogP contribution in [0.5, 0.6) is 0 Å². The van der Waals surface area contributed by atoms with E-state index >= 15 is 0 Å². The van der Waals surface area contributed by atoms with Gasteiger partial charge in [0.05, 0.1) is 0 Å². The molecule has 0 aromatic carbocycles. The number of rotatable bonds is 3. The van der Waals surface area contributed by atoms with Crippen LogP contribution in [-0.2, 0) is 0 Å². The molecule has 0 spiro atoms. The number of hydrogen-bond donors (Lipinski definition) is 1. The van der Waals surface area contributed by atoms with Gasteiger partial charge in [-0.15, -0.1) is 0 Å². The molecule has 1 aliphatic rings. The van der Waals surface area contributed by atoms with Crippen molar-refractivity contribution in [3.05, 3.63) is 17.6 Å². The third kappa shape index (κ3) is 2.85. The molecule has 98 valence electrons. The number of Topliss-reactive ketones (excluding diaryl/α,β-unsaturated/α-hetero) is 1. The molecule has 5 heteroatoms. The normalized spacial score (nSPS) is 16.1. The van der Waals surface area contributed by atoms with Gasteiger partial charge in [0, 0.05) is 45.1 Å². The van der Waals surface area contributed by atoms with Crippen LogP contribution in [0, 0.1) is 0 Å². The van der Waals surface area contributed by atoms with E-state index < -0.39 is 0 Å². The Hall–Kier alpha value is -1.49.